The normalized spacial score (nSPS) is 22.1. The van der Waals surface area contributed by atoms with Crippen LogP contribution < -0.4 is 4.90 Å². The molecule has 0 aliphatic carbocycles. The fourth-order valence-electron chi connectivity index (χ4n) is 2.32. The van der Waals surface area contributed by atoms with Crippen LogP contribution in [0.2, 0.25) is 0 Å². The number of rotatable bonds is 4. The van der Waals surface area contributed by atoms with Gasteiger partial charge in [-0.1, -0.05) is 0 Å². The number of nitro groups is 1. The average Bonchev–Trinajstić information content (AvgIpc) is 2.47. The van der Waals surface area contributed by atoms with E-state index in [1.54, 1.807) is 4.90 Å². The quantitative estimate of drug-likeness (QED) is 0.626. The highest BCUT2D eigenvalue weighted by Crippen LogP contribution is 2.29. The van der Waals surface area contributed by atoms with Crippen molar-refractivity contribution in [1.29, 1.82) is 0 Å². The van der Waals surface area contributed by atoms with Gasteiger partial charge in [0, 0.05) is 24.7 Å². The summed E-state index contributed by atoms with van der Waals surface area (Å²) in [6.07, 6.45) is -0.405. The first-order valence-electron chi connectivity index (χ1n) is 6.45. The predicted molar refractivity (Wildman–Crippen MR) is 73.7 cm³/mol. The summed E-state index contributed by atoms with van der Waals surface area (Å²) in [5.41, 5.74) is -0.00670. The van der Waals surface area contributed by atoms with Crippen LogP contribution in [0.4, 0.5) is 11.4 Å². The molecule has 1 aromatic rings. The van der Waals surface area contributed by atoms with E-state index in [0.717, 1.165) is 6.07 Å². The van der Waals surface area contributed by atoms with E-state index in [4.69, 9.17) is 4.74 Å². The van der Waals surface area contributed by atoms with Gasteiger partial charge < -0.3 is 19.8 Å². The average molecular weight is 296 g/mol. The molecule has 0 spiro atoms. The fraction of sp³-hybridized carbons (Fsp3) is 0.462. The number of aromatic carboxylic acids is 1. The Morgan fingerprint density at radius 2 is 2.29 bits per heavy atom. The summed E-state index contributed by atoms with van der Waals surface area (Å²) in [6.45, 7) is 2.37. The number of nitrogens with zero attached hydrogens (tertiary/aromatic N) is 2. The minimum atomic E-state index is -1.23. The van der Waals surface area contributed by atoms with E-state index in [2.05, 4.69) is 0 Å². The zero-order valence-electron chi connectivity index (χ0n) is 11.4. The number of morpholine rings is 1. The third kappa shape index (κ3) is 3.11. The summed E-state index contributed by atoms with van der Waals surface area (Å²) in [5, 5.41) is 29.2. The molecule has 114 valence electrons. The van der Waals surface area contributed by atoms with Crippen molar-refractivity contribution >= 4 is 17.3 Å². The number of aliphatic hydroxyl groups excluding tert-OH is 1. The number of hydrogen-bond donors (Lipinski definition) is 2. The first-order valence-corrected chi connectivity index (χ1v) is 6.45. The summed E-state index contributed by atoms with van der Waals surface area (Å²) in [4.78, 5) is 23.3. The summed E-state index contributed by atoms with van der Waals surface area (Å²) in [5.74, 6) is -1.23. The van der Waals surface area contributed by atoms with Crippen molar-refractivity contribution in [3.63, 3.8) is 0 Å². The third-order valence-electron chi connectivity index (χ3n) is 3.44. The molecular formula is C13H16N2O6. The van der Waals surface area contributed by atoms with E-state index in [9.17, 15) is 25.1 Å². The Bertz CT molecular complexity index is 562. The lowest BCUT2D eigenvalue weighted by molar-refractivity contribution is -0.384. The third-order valence-corrected chi connectivity index (χ3v) is 3.44. The Morgan fingerprint density at radius 3 is 2.86 bits per heavy atom. The van der Waals surface area contributed by atoms with Crippen molar-refractivity contribution in [1.82, 2.24) is 0 Å². The molecule has 0 amide bonds. The molecule has 0 bridgehead atoms. The van der Waals surface area contributed by atoms with Crippen molar-refractivity contribution in [3.05, 3.63) is 33.9 Å². The van der Waals surface area contributed by atoms with Gasteiger partial charge >= 0.3 is 5.97 Å². The molecule has 0 radical (unpaired) electrons. The summed E-state index contributed by atoms with van der Waals surface area (Å²) < 4.78 is 5.41. The van der Waals surface area contributed by atoms with Crippen LogP contribution in [0.3, 0.4) is 0 Å². The largest absolute Gasteiger partial charge is 0.478 e. The molecule has 2 N–H and O–H groups in total. The smallest absolute Gasteiger partial charge is 0.338 e. The number of benzene rings is 1. The minimum absolute atomic E-state index is 0.0904. The Labute approximate surface area is 120 Å². The zero-order valence-corrected chi connectivity index (χ0v) is 11.4. The molecule has 21 heavy (non-hydrogen) atoms. The number of nitro benzene ring substituents is 1. The van der Waals surface area contributed by atoms with Crippen molar-refractivity contribution in [2.24, 2.45) is 0 Å². The molecule has 2 unspecified atom stereocenters. The maximum atomic E-state index is 11.4. The molecule has 1 heterocycles. The molecule has 2 atom stereocenters. The fourth-order valence-corrected chi connectivity index (χ4v) is 2.32. The molecule has 1 aliphatic rings. The van der Waals surface area contributed by atoms with Gasteiger partial charge in [0.05, 0.1) is 35.5 Å². The maximum absolute atomic E-state index is 11.4. The first-order chi connectivity index (χ1) is 9.93. The van der Waals surface area contributed by atoms with Crippen LogP contribution in [-0.2, 0) is 4.74 Å². The first kappa shape index (κ1) is 15.2. The van der Waals surface area contributed by atoms with E-state index < -0.39 is 17.0 Å². The molecule has 1 fully saturated rings. The van der Waals surface area contributed by atoms with Crippen LogP contribution in [0.5, 0.6) is 0 Å². The highest BCUT2D eigenvalue weighted by molar-refractivity contribution is 5.95. The number of carbonyl (C=O) groups is 1. The van der Waals surface area contributed by atoms with Crippen molar-refractivity contribution in [2.45, 2.75) is 19.1 Å². The highest BCUT2D eigenvalue weighted by Gasteiger charge is 2.29. The molecule has 8 nitrogen and oxygen atoms in total. The predicted octanol–water partition coefficient (Wildman–Crippen LogP) is 0.879. The lowest BCUT2D eigenvalue weighted by atomic mass is 10.1. The Morgan fingerprint density at radius 1 is 1.57 bits per heavy atom. The number of aliphatic hydroxyl groups is 1. The van der Waals surface area contributed by atoms with Crippen LogP contribution >= 0.6 is 0 Å². The van der Waals surface area contributed by atoms with Crippen molar-refractivity contribution in [2.75, 3.05) is 24.7 Å². The van der Waals surface area contributed by atoms with E-state index in [0.29, 0.717) is 18.8 Å². The molecular weight excluding hydrogens is 280 g/mol. The van der Waals surface area contributed by atoms with Gasteiger partial charge in [0.15, 0.2) is 0 Å². The number of ether oxygens (including phenoxy) is 1. The lowest BCUT2D eigenvalue weighted by Crippen LogP contribution is -2.50. The van der Waals surface area contributed by atoms with E-state index in [1.165, 1.54) is 12.1 Å². The van der Waals surface area contributed by atoms with Gasteiger partial charge in [0.25, 0.3) is 5.69 Å². The van der Waals surface area contributed by atoms with Gasteiger partial charge in [0.2, 0.25) is 0 Å². The van der Waals surface area contributed by atoms with Gasteiger partial charge in [-0.25, -0.2) is 4.79 Å². The summed E-state index contributed by atoms with van der Waals surface area (Å²) in [6, 6.07) is 3.66. The Balaban J connectivity index is 2.41. The molecule has 2 rings (SSSR count). The maximum Gasteiger partial charge on any atom is 0.338 e. The number of anilines is 1. The highest BCUT2D eigenvalue weighted by atomic mass is 16.6. The molecule has 1 aliphatic heterocycles. The molecule has 1 saturated heterocycles. The van der Waals surface area contributed by atoms with Crippen molar-refractivity contribution < 1.29 is 24.7 Å². The van der Waals surface area contributed by atoms with Gasteiger partial charge in [0.1, 0.15) is 0 Å². The van der Waals surface area contributed by atoms with Gasteiger partial charge in [-0.15, -0.1) is 0 Å². The zero-order chi connectivity index (χ0) is 15.6. The number of carboxylic acids is 1. The number of non-ortho nitro benzene ring substituents is 1. The van der Waals surface area contributed by atoms with Gasteiger partial charge in [-0.2, -0.15) is 0 Å². The Hall–Kier alpha value is -2.19. The molecule has 0 saturated carbocycles. The van der Waals surface area contributed by atoms with Crippen LogP contribution in [0, 0.1) is 10.1 Å². The standard InChI is InChI=1S/C13H16N2O6/c1-8-7-21-10(6-16)5-14(8)12-3-2-9(15(19)20)4-11(12)13(17)18/h2-4,8,10,16H,5-7H2,1H3,(H,17,18). The van der Waals surface area contributed by atoms with Crippen LogP contribution in [0.25, 0.3) is 0 Å². The van der Waals surface area contributed by atoms with E-state index >= 15 is 0 Å². The van der Waals surface area contributed by atoms with E-state index in [-0.39, 0.29) is 23.9 Å². The van der Waals surface area contributed by atoms with Crippen molar-refractivity contribution in [3.8, 4) is 0 Å². The molecule has 8 heteroatoms. The second kappa shape index (κ2) is 6.06. The SMILES string of the molecule is CC1COC(CO)CN1c1ccc([N+](=O)[O-])cc1C(=O)O. The summed E-state index contributed by atoms with van der Waals surface area (Å²) >= 11 is 0. The number of carboxylic acid groups (broad SMARTS) is 1. The van der Waals surface area contributed by atoms with E-state index in [1.807, 2.05) is 6.92 Å². The van der Waals surface area contributed by atoms with Gasteiger partial charge in [-0.05, 0) is 13.0 Å². The van der Waals surface area contributed by atoms with Gasteiger partial charge in [-0.3, -0.25) is 10.1 Å². The lowest BCUT2D eigenvalue weighted by Gasteiger charge is -2.39. The molecule has 0 aromatic heterocycles. The second-order valence-electron chi connectivity index (χ2n) is 4.90. The number of hydrogen-bond acceptors (Lipinski definition) is 6. The molecule has 1 aromatic carbocycles. The van der Waals surface area contributed by atoms with Crippen LogP contribution in [0.15, 0.2) is 18.2 Å². The Kier molecular flexibility index (Phi) is 4.39. The minimum Gasteiger partial charge on any atom is -0.478 e. The van der Waals surface area contributed by atoms with Crippen LogP contribution in [0.1, 0.15) is 17.3 Å². The topological polar surface area (TPSA) is 113 Å². The summed E-state index contributed by atoms with van der Waals surface area (Å²) in [7, 11) is 0. The van der Waals surface area contributed by atoms with Crippen LogP contribution in [-0.4, -0.2) is 53.0 Å². The second-order valence-corrected chi connectivity index (χ2v) is 4.90. The monoisotopic (exact) mass is 296 g/mol.